The van der Waals surface area contributed by atoms with Crippen LogP contribution in [0.4, 0.5) is 0 Å². The summed E-state index contributed by atoms with van der Waals surface area (Å²) in [5.41, 5.74) is -0.171. The van der Waals surface area contributed by atoms with E-state index in [4.69, 9.17) is 9.63 Å². The maximum atomic E-state index is 11.5. The average Bonchev–Trinajstić information content (AvgIpc) is 2.77. The molecule has 0 fully saturated rings. The summed E-state index contributed by atoms with van der Waals surface area (Å²) in [4.78, 5) is 26.3. The Morgan fingerprint density at radius 2 is 2.05 bits per heavy atom. The zero-order chi connectivity index (χ0) is 15.3. The molecule has 20 heavy (non-hydrogen) atoms. The van der Waals surface area contributed by atoms with E-state index in [0.717, 1.165) is 0 Å². The minimum atomic E-state index is -1.05. The number of carboxylic acid groups (broad SMARTS) is 1. The Kier molecular flexibility index (Phi) is 5.24. The summed E-state index contributed by atoms with van der Waals surface area (Å²) in [6.45, 7) is 7.39. The normalized spacial score (nSPS) is 13.0. The molecule has 0 saturated heterocycles. The van der Waals surface area contributed by atoms with Crippen LogP contribution in [0.2, 0.25) is 0 Å². The average molecular weight is 283 g/mol. The first-order valence-corrected chi connectivity index (χ1v) is 6.55. The highest BCUT2D eigenvalue weighted by atomic mass is 16.5. The highest BCUT2D eigenvalue weighted by Crippen LogP contribution is 2.18. The van der Waals surface area contributed by atoms with Gasteiger partial charge in [0.25, 0.3) is 0 Å². The van der Waals surface area contributed by atoms with Crippen LogP contribution in [0.1, 0.15) is 52.3 Å². The van der Waals surface area contributed by atoms with E-state index in [1.165, 1.54) is 6.92 Å². The molecule has 1 heterocycles. The topological polar surface area (TPSA) is 105 Å². The van der Waals surface area contributed by atoms with E-state index >= 15 is 0 Å². The molecule has 112 valence electrons. The number of nitrogens with one attached hydrogen (secondary N) is 1. The third-order valence-electron chi connectivity index (χ3n) is 2.68. The number of rotatable bonds is 6. The van der Waals surface area contributed by atoms with E-state index in [9.17, 15) is 9.59 Å². The predicted octanol–water partition coefficient (Wildman–Crippen LogP) is 1.28. The zero-order valence-corrected chi connectivity index (χ0v) is 12.3. The third kappa shape index (κ3) is 4.99. The highest BCUT2D eigenvalue weighted by molar-refractivity contribution is 5.83. The molecule has 0 bridgehead atoms. The van der Waals surface area contributed by atoms with E-state index in [1.54, 1.807) is 0 Å². The lowest BCUT2D eigenvalue weighted by molar-refractivity contribution is -0.141. The van der Waals surface area contributed by atoms with Crippen LogP contribution >= 0.6 is 0 Å². The summed E-state index contributed by atoms with van der Waals surface area (Å²) in [7, 11) is 0. The lowest BCUT2D eigenvalue weighted by atomic mass is 9.96. The molecule has 0 aromatic carbocycles. The summed E-state index contributed by atoms with van der Waals surface area (Å²) in [6, 6.07) is -0.876. The van der Waals surface area contributed by atoms with Gasteiger partial charge in [-0.25, -0.2) is 0 Å². The molecule has 7 nitrogen and oxygen atoms in total. The number of aliphatic carboxylic acids is 1. The summed E-state index contributed by atoms with van der Waals surface area (Å²) in [5.74, 6) is -0.217. The molecule has 0 aliphatic carbocycles. The number of hydrogen-bond donors (Lipinski definition) is 2. The molecule has 1 aromatic heterocycles. The van der Waals surface area contributed by atoms with Gasteiger partial charge in [0.1, 0.15) is 6.04 Å². The maximum absolute atomic E-state index is 11.5. The van der Waals surface area contributed by atoms with Gasteiger partial charge in [-0.15, -0.1) is 0 Å². The highest BCUT2D eigenvalue weighted by Gasteiger charge is 2.21. The van der Waals surface area contributed by atoms with E-state index in [2.05, 4.69) is 15.5 Å². The zero-order valence-electron chi connectivity index (χ0n) is 12.3. The van der Waals surface area contributed by atoms with Crippen LogP contribution in [0.5, 0.6) is 0 Å². The van der Waals surface area contributed by atoms with Crippen molar-refractivity contribution in [2.75, 3.05) is 0 Å². The van der Waals surface area contributed by atoms with Gasteiger partial charge in [-0.2, -0.15) is 4.98 Å². The first-order valence-electron chi connectivity index (χ1n) is 6.55. The van der Waals surface area contributed by atoms with Crippen molar-refractivity contribution < 1.29 is 19.2 Å². The fraction of sp³-hybridized carbons (Fsp3) is 0.692. The van der Waals surface area contributed by atoms with Crippen molar-refractivity contribution in [1.29, 1.82) is 0 Å². The van der Waals surface area contributed by atoms with Crippen LogP contribution in [-0.4, -0.2) is 33.2 Å². The van der Waals surface area contributed by atoms with Crippen molar-refractivity contribution in [3.05, 3.63) is 11.7 Å². The molecular formula is C13H21N3O4. The van der Waals surface area contributed by atoms with Gasteiger partial charge in [0.15, 0.2) is 5.82 Å². The molecule has 1 atom stereocenters. The number of carbonyl (C=O) groups is 2. The summed E-state index contributed by atoms with van der Waals surface area (Å²) >= 11 is 0. The molecule has 2 N–H and O–H groups in total. The SMILES string of the molecule is C[C@H](NC(=O)CCCc1nc(C(C)(C)C)no1)C(=O)O. The molecule has 7 heteroatoms. The Morgan fingerprint density at radius 3 is 2.55 bits per heavy atom. The van der Waals surface area contributed by atoms with Crippen LogP contribution in [0, 0.1) is 0 Å². The first kappa shape index (κ1) is 16.1. The van der Waals surface area contributed by atoms with E-state index in [0.29, 0.717) is 24.6 Å². The molecule has 0 unspecified atom stereocenters. The van der Waals surface area contributed by atoms with E-state index in [-0.39, 0.29) is 17.7 Å². The lowest BCUT2D eigenvalue weighted by Gasteiger charge is -2.10. The molecule has 1 rings (SSSR count). The van der Waals surface area contributed by atoms with Crippen molar-refractivity contribution in [2.45, 2.75) is 58.4 Å². The standard InChI is InChI=1S/C13H21N3O4/c1-8(11(18)19)14-9(17)6-5-7-10-15-12(16-20-10)13(2,3)4/h8H,5-7H2,1-4H3,(H,14,17)(H,18,19)/t8-/m0/s1. The number of carbonyl (C=O) groups excluding carboxylic acids is 1. The first-order chi connectivity index (χ1) is 9.20. The van der Waals surface area contributed by atoms with Gasteiger partial charge in [-0.05, 0) is 13.3 Å². The van der Waals surface area contributed by atoms with Crippen molar-refractivity contribution in [3.63, 3.8) is 0 Å². The summed E-state index contributed by atoms with van der Waals surface area (Å²) in [5, 5.41) is 14.9. The largest absolute Gasteiger partial charge is 0.480 e. The fourth-order valence-corrected chi connectivity index (χ4v) is 1.44. The monoisotopic (exact) mass is 283 g/mol. The van der Waals surface area contributed by atoms with Gasteiger partial charge in [0.05, 0.1) is 0 Å². The minimum absolute atomic E-state index is 0.171. The van der Waals surface area contributed by atoms with E-state index in [1.807, 2.05) is 20.8 Å². The molecule has 0 radical (unpaired) electrons. The van der Waals surface area contributed by atoms with Crippen molar-refractivity contribution in [3.8, 4) is 0 Å². The second kappa shape index (κ2) is 6.49. The van der Waals surface area contributed by atoms with Crippen molar-refractivity contribution in [2.24, 2.45) is 0 Å². The van der Waals surface area contributed by atoms with E-state index < -0.39 is 12.0 Å². The smallest absolute Gasteiger partial charge is 0.325 e. The van der Waals surface area contributed by atoms with Gasteiger partial charge in [0, 0.05) is 18.3 Å². The molecule has 0 aliphatic heterocycles. The summed E-state index contributed by atoms with van der Waals surface area (Å²) < 4.78 is 5.11. The van der Waals surface area contributed by atoms with Crippen LogP contribution in [0.15, 0.2) is 4.52 Å². The fourth-order valence-electron chi connectivity index (χ4n) is 1.44. The van der Waals surface area contributed by atoms with Crippen LogP contribution in [-0.2, 0) is 21.4 Å². The Morgan fingerprint density at radius 1 is 1.40 bits per heavy atom. The van der Waals surface area contributed by atoms with Gasteiger partial charge < -0.3 is 14.9 Å². The number of hydrogen-bond acceptors (Lipinski definition) is 5. The molecule has 1 amide bonds. The Balaban J connectivity index is 2.36. The predicted molar refractivity (Wildman–Crippen MR) is 71.2 cm³/mol. The molecule has 1 aromatic rings. The number of aryl methyl sites for hydroxylation is 1. The van der Waals surface area contributed by atoms with Crippen LogP contribution < -0.4 is 5.32 Å². The van der Waals surface area contributed by atoms with Crippen molar-refractivity contribution >= 4 is 11.9 Å². The third-order valence-corrected chi connectivity index (χ3v) is 2.68. The molecule has 0 aliphatic rings. The number of nitrogens with zero attached hydrogens (tertiary/aromatic N) is 2. The quantitative estimate of drug-likeness (QED) is 0.814. The molecule has 0 spiro atoms. The Bertz CT molecular complexity index is 476. The lowest BCUT2D eigenvalue weighted by Crippen LogP contribution is -2.38. The molecular weight excluding hydrogens is 262 g/mol. The number of aromatic nitrogens is 2. The Hall–Kier alpha value is -1.92. The number of amides is 1. The van der Waals surface area contributed by atoms with Gasteiger partial charge in [0.2, 0.25) is 11.8 Å². The second-order valence-corrected chi connectivity index (χ2v) is 5.74. The van der Waals surface area contributed by atoms with Gasteiger partial charge in [-0.1, -0.05) is 25.9 Å². The van der Waals surface area contributed by atoms with Crippen molar-refractivity contribution in [1.82, 2.24) is 15.5 Å². The second-order valence-electron chi connectivity index (χ2n) is 5.74. The van der Waals surface area contributed by atoms with Crippen LogP contribution in [0.25, 0.3) is 0 Å². The van der Waals surface area contributed by atoms with Gasteiger partial charge in [-0.3, -0.25) is 9.59 Å². The maximum Gasteiger partial charge on any atom is 0.325 e. The molecule has 0 saturated carbocycles. The Labute approximate surface area is 117 Å². The van der Waals surface area contributed by atoms with Gasteiger partial charge >= 0.3 is 5.97 Å². The van der Waals surface area contributed by atoms with Crippen LogP contribution in [0.3, 0.4) is 0 Å². The number of carboxylic acids is 1. The summed E-state index contributed by atoms with van der Waals surface area (Å²) in [6.07, 6.45) is 1.26. The minimum Gasteiger partial charge on any atom is -0.480 e.